The number of carboxylic acids is 1. The third-order valence-electron chi connectivity index (χ3n) is 5.30. The molecule has 4 aromatic rings. The predicted octanol–water partition coefficient (Wildman–Crippen LogP) is 5.76. The maximum atomic E-state index is 13.9. The van der Waals surface area contributed by atoms with E-state index in [0.29, 0.717) is 39.4 Å². The summed E-state index contributed by atoms with van der Waals surface area (Å²) in [5.74, 6) is -1.50. The zero-order chi connectivity index (χ0) is 23.9. The van der Waals surface area contributed by atoms with Crippen molar-refractivity contribution in [2.45, 2.75) is 46.3 Å². The molecule has 0 aliphatic heterocycles. The molecule has 6 nitrogen and oxygen atoms in total. The summed E-state index contributed by atoms with van der Waals surface area (Å²) in [5.41, 5.74) is 4.18. The molecule has 0 saturated carbocycles. The van der Waals surface area contributed by atoms with E-state index in [9.17, 15) is 14.3 Å². The minimum Gasteiger partial charge on any atom is -0.479 e. The standard InChI is InChI=1S/C26H26FN3O3/c1-15-13-18(27)11-12-19(15)23-22(24(25(31)32)33-26(3,4)5)16(2)28-21-14-20(29-30(21)23)17-9-7-6-8-10-17/h6-14,24H,1-5H3,(H,31,32). The summed E-state index contributed by atoms with van der Waals surface area (Å²) in [5, 5.41) is 14.9. The average Bonchev–Trinajstić information content (AvgIpc) is 3.15. The number of fused-ring (bicyclic) bond motifs is 1. The number of benzene rings is 2. The lowest BCUT2D eigenvalue weighted by molar-refractivity contribution is -0.160. The lowest BCUT2D eigenvalue weighted by Gasteiger charge is -2.27. The summed E-state index contributed by atoms with van der Waals surface area (Å²) >= 11 is 0. The molecule has 0 bridgehead atoms. The predicted molar refractivity (Wildman–Crippen MR) is 125 cm³/mol. The third-order valence-corrected chi connectivity index (χ3v) is 5.30. The molecular weight excluding hydrogens is 421 g/mol. The van der Waals surface area contributed by atoms with E-state index in [1.807, 2.05) is 36.4 Å². The van der Waals surface area contributed by atoms with Crippen LogP contribution in [0.5, 0.6) is 0 Å². The molecule has 0 aliphatic carbocycles. The number of aromatic nitrogens is 3. The summed E-state index contributed by atoms with van der Waals surface area (Å²) in [7, 11) is 0. The first-order valence-corrected chi connectivity index (χ1v) is 10.7. The van der Waals surface area contributed by atoms with Crippen molar-refractivity contribution in [1.82, 2.24) is 14.6 Å². The van der Waals surface area contributed by atoms with E-state index in [-0.39, 0.29) is 5.82 Å². The van der Waals surface area contributed by atoms with Gasteiger partial charge in [0, 0.05) is 28.5 Å². The van der Waals surface area contributed by atoms with E-state index in [1.54, 1.807) is 45.2 Å². The number of nitrogens with zero attached hydrogens (tertiary/aromatic N) is 3. The van der Waals surface area contributed by atoms with E-state index in [0.717, 1.165) is 5.56 Å². The Hall–Kier alpha value is -3.58. The molecule has 1 unspecified atom stereocenters. The van der Waals surface area contributed by atoms with Gasteiger partial charge in [0.1, 0.15) is 5.82 Å². The van der Waals surface area contributed by atoms with Crippen molar-refractivity contribution in [3.05, 3.63) is 77.2 Å². The largest absolute Gasteiger partial charge is 0.479 e. The van der Waals surface area contributed by atoms with Crippen LogP contribution in [0.2, 0.25) is 0 Å². The second kappa shape index (κ2) is 8.41. The molecule has 0 spiro atoms. The second-order valence-corrected chi connectivity index (χ2v) is 9.03. The van der Waals surface area contributed by atoms with Gasteiger partial charge < -0.3 is 9.84 Å². The lowest BCUT2D eigenvalue weighted by atomic mass is 9.96. The third kappa shape index (κ3) is 4.50. The number of hydrogen-bond acceptors (Lipinski definition) is 4. The molecule has 4 rings (SSSR count). The van der Waals surface area contributed by atoms with Crippen LogP contribution in [-0.4, -0.2) is 31.3 Å². The molecule has 0 fully saturated rings. The number of ether oxygens (including phenoxy) is 1. The van der Waals surface area contributed by atoms with Gasteiger partial charge in [0.05, 0.1) is 17.0 Å². The summed E-state index contributed by atoms with van der Waals surface area (Å²) in [6.45, 7) is 8.94. The van der Waals surface area contributed by atoms with Crippen molar-refractivity contribution >= 4 is 11.6 Å². The van der Waals surface area contributed by atoms with Crippen LogP contribution < -0.4 is 0 Å². The molecule has 0 amide bonds. The van der Waals surface area contributed by atoms with Gasteiger partial charge in [-0.3, -0.25) is 0 Å². The molecule has 0 aliphatic rings. The molecule has 170 valence electrons. The minimum atomic E-state index is -1.29. The fourth-order valence-electron chi connectivity index (χ4n) is 3.94. The zero-order valence-electron chi connectivity index (χ0n) is 19.3. The molecule has 2 aromatic heterocycles. The molecular formula is C26H26FN3O3. The number of halogens is 1. The summed E-state index contributed by atoms with van der Waals surface area (Å²) in [4.78, 5) is 17.0. The Morgan fingerprint density at radius 1 is 1.09 bits per heavy atom. The van der Waals surface area contributed by atoms with Crippen LogP contribution in [0.3, 0.4) is 0 Å². The van der Waals surface area contributed by atoms with Crippen LogP contribution >= 0.6 is 0 Å². The van der Waals surface area contributed by atoms with Crippen LogP contribution in [-0.2, 0) is 9.53 Å². The Morgan fingerprint density at radius 2 is 1.79 bits per heavy atom. The van der Waals surface area contributed by atoms with E-state index in [1.165, 1.54) is 12.1 Å². The number of hydrogen-bond donors (Lipinski definition) is 1. The highest BCUT2D eigenvalue weighted by Gasteiger charge is 2.33. The van der Waals surface area contributed by atoms with Crippen LogP contribution in [0.4, 0.5) is 4.39 Å². The first kappa shape index (κ1) is 22.6. The zero-order valence-corrected chi connectivity index (χ0v) is 19.3. The van der Waals surface area contributed by atoms with Crippen LogP contribution in [0.25, 0.3) is 28.2 Å². The van der Waals surface area contributed by atoms with Gasteiger partial charge in [0.25, 0.3) is 0 Å². The molecule has 2 heterocycles. The summed E-state index contributed by atoms with van der Waals surface area (Å²) < 4.78 is 21.5. The second-order valence-electron chi connectivity index (χ2n) is 9.03. The molecule has 0 saturated heterocycles. The number of rotatable bonds is 5. The van der Waals surface area contributed by atoms with Crippen LogP contribution in [0, 0.1) is 19.7 Å². The van der Waals surface area contributed by atoms with Crippen molar-refractivity contribution in [3.8, 4) is 22.5 Å². The normalized spacial score (nSPS) is 12.8. The summed E-state index contributed by atoms with van der Waals surface area (Å²) in [6, 6.07) is 15.9. The van der Waals surface area contributed by atoms with Crippen molar-refractivity contribution in [1.29, 1.82) is 0 Å². The summed E-state index contributed by atoms with van der Waals surface area (Å²) in [6.07, 6.45) is -1.29. The van der Waals surface area contributed by atoms with Crippen molar-refractivity contribution < 1.29 is 19.0 Å². The first-order valence-electron chi connectivity index (χ1n) is 10.7. The topological polar surface area (TPSA) is 76.7 Å². The molecule has 0 radical (unpaired) electrons. The number of aliphatic carboxylic acids is 1. The monoisotopic (exact) mass is 447 g/mol. The Balaban J connectivity index is 2.08. The van der Waals surface area contributed by atoms with Crippen molar-refractivity contribution in [3.63, 3.8) is 0 Å². The fraction of sp³-hybridized carbons (Fsp3) is 0.269. The van der Waals surface area contributed by atoms with E-state index < -0.39 is 17.7 Å². The van der Waals surface area contributed by atoms with Gasteiger partial charge in [-0.15, -0.1) is 0 Å². The highest BCUT2D eigenvalue weighted by molar-refractivity contribution is 5.81. The Morgan fingerprint density at radius 3 is 2.39 bits per heavy atom. The van der Waals surface area contributed by atoms with Gasteiger partial charge in [-0.2, -0.15) is 5.10 Å². The molecule has 1 atom stereocenters. The van der Waals surface area contributed by atoms with Gasteiger partial charge in [-0.05, 0) is 58.4 Å². The number of aryl methyl sites for hydroxylation is 2. The molecule has 33 heavy (non-hydrogen) atoms. The average molecular weight is 448 g/mol. The van der Waals surface area contributed by atoms with Crippen LogP contribution in [0.15, 0.2) is 54.6 Å². The maximum absolute atomic E-state index is 13.9. The smallest absolute Gasteiger partial charge is 0.337 e. The van der Waals surface area contributed by atoms with E-state index in [2.05, 4.69) is 4.98 Å². The van der Waals surface area contributed by atoms with Crippen molar-refractivity contribution in [2.24, 2.45) is 0 Å². The molecule has 2 aromatic carbocycles. The fourth-order valence-corrected chi connectivity index (χ4v) is 3.94. The van der Waals surface area contributed by atoms with Crippen molar-refractivity contribution in [2.75, 3.05) is 0 Å². The number of carboxylic acid groups (broad SMARTS) is 1. The highest BCUT2D eigenvalue weighted by Crippen LogP contribution is 2.37. The van der Waals surface area contributed by atoms with E-state index in [4.69, 9.17) is 9.84 Å². The number of carbonyl (C=O) groups is 1. The lowest BCUT2D eigenvalue weighted by Crippen LogP contribution is -2.29. The Bertz CT molecular complexity index is 1340. The van der Waals surface area contributed by atoms with Crippen LogP contribution in [0.1, 0.15) is 43.7 Å². The Labute approximate surface area is 191 Å². The molecule has 7 heteroatoms. The van der Waals surface area contributed by atoms with Gasteiger partial charge >= 0.3 is 5.97 Å². The van der Waals surface area contributed by atoms with Gasteiger partial charge in [-0.1, -0.05) is 30.3 Å². The highest BCUT2D eigenvalue weighted by atomic mass is 19.1. The Kier molecular flexibility index (Phi) is 5.76. The molecule has 1 N–H and O–H groups in total. The first-order chi connectivity index (χ1) is 15.5. The van der Waals surface area contributed by atoms with Gasteiger partial charge in [0.15, 0.2) is 11.8 Å². The maximum Gasteiger partial charge on any atom is 0.337 e. The van der Waals surface area contributed by atoms with Gasteiger partial charge in [-0.25, -0.2) is 18.7 Å². The quantitative estimate of drug-likeness (QED) is 0.421. The van der Waals surface area contributed by atoms with Gasteiger partial charge in [0.2, 0.25) is 0 Å². The van der Waals surface area contributed by atoms with E-state index >= 15 is 0 Å². The SMILES string of the molecule is Cc1cc(F)ccc1-c1c(C(OC(C)(C)C)C(=O)O)c(C)nc2cc(-c3ccccc3)nn12. The minimum absolute atomic E-state index is 0.369.